The van der Waals surface area contributed by atoms with Gasteiger partial charge in [0.15, 0.2) is 0 Å². The Bertz CT molecular complexity index is 643. The standard InChI is InChI=1S/C19H28N2O5/c1-5-26-16-9-7-6-8-14(16)15(21-13(2)22)12-17(23)20-11-10-19(3,4)18(24)25/h6-9,15H,5,10-12H2,1-4H3,(H,20,23)(H,21,22)(H,24,25). The third-order valence-electron chi connectivity index (χ3n) is 4.01. The van der Waals surface area contributed by atoms with Gasteiger partial charge in [0.05, 0.1) is 24.5 Å². The molecule has 1 atom stereocenters. The summed E-state index contributed by atoms with van der Waals surface area (Å²) in [4.78, 5) is 34.9. The number of aliphatic carboxylic acids is 1. The van der Waals surface area contributed by atoms with Crippen LogP contribution < -0.4 is 15.4 Å². The number of carbonyl (C=O) groups is 3. The normalized spacial score (nSPS) is 12.2. The predicted octanol–water partition coefficient (Wildman–Crippen LogP) is 2.27. The number of hydrogen-bond acceptors (Lipinski definition) is 4. The fraction of sp³-hybridized carbons (Fsp3) is 0.526. The number of nitrogens with one attached hydrogen (secondary N) is 2. The van der Waals surface area contributed by atoms with Gasteiger partial charge in [-0.1, -0.05) is 18.2 Å². The molecule has 1 aromatic rings. The van der Waals surface area contributed by atoms with E-state index in [0.717, 1.165) is 5.56 Å². The lowest BCUT2D eigenvalue weighted by Crippen LogP contribution is -2.35. The molecule has 1 rings (SSSR count). The average molecular weight is 364 g/mol. The van der Waals surface area contributed by atoms with E-state index < -0.39 is 17.4 Å². The Balaban J connectivity index is 2.78. The van der Waals surface area contributed by atoms with Crippen LogP contribution in [-0.4, -0.2) is 36.0 Å². The maximum Gasteiger partial charge on any atom is 0.309 e. The van der Waals surface area contributed by atoms with Gasteiger partial charge < -0.3 is 20.5 Å². The number of carboxylic acid groups (broad SMARTS) is 1. The Morgan fingerprint density at radius 2 is 1.88 bits per heavy atom. The van der Waals surface area contributed by atoms with Crippen molar-refractivity contribution in [1.29, 1.82) is 0 Å². The molecule has 3 N–H and O–H groups in total. The average Bonchev–Trinajstić information content (AvgIpc) is 2.54. The van der Waals surface area contributed by atoms with Crippen LogP contribution in [0.3, 0.4) is 0 Å². The van der Waals surface area contributed by atoms with Gasteiger partial charge in [0.25, 0.3) is 0 Å². The molecule has 0 heterocycles. The topological polar surface area (TPSA) is 105 Å². The fourth-order valence-electron chi connectivity index (χ4n) is 2.42. The summed E-state index contributed by atoms with van der Waals surface area (Å²) in [6, 6.07) is 6.73. The van der Waals surface area contributed by atoms with E-state index in [1.165, 1.54) is 6.92 Å². The molecule has 0 bridgehead atoms. The van der Waals surface area contributed by atoms with Crippen molar-refractivity contribution in [2.24, 2.45) is 5.41 Å². The highest BCUT2D eigenvalue weighted by Crippen LogP contribution is 2.27. The number of para-hydroxylation sites is 1. The van der Waals surface area contributed by atoms with E-state index in [4.69, 9.17) is 9.84 Å². The third kappa shape index (κ3) is 6.74. The molecular weight excluding hydrogens is 336 g/mol. The molecular formula is C19H28N2O5. The largest absolute Gasteiger partial charge is 0.494 e. The number of rotatable bonds is 10. The van der Waals surface area contributed by atoms with Crippen LogP contribution in [0.1, 0.15) is 52.1 Å². The number of carbonyl (C=O) groups excluding carboxylic acids is 2. The van der Waals surface area contributed by atoms with E-state index in [1.54, 1.807) is 19.9 Å². The number of benzene rings is 1. The summed E-state index contributed by atoms with van der Waals surface area (Å²) >= 11 is 0. The molecule has 0 saturated carbocycles. The molecule has 26 heavy (non-hydrogen) atoms. The second-order valence-electron chi connectivity index (χ2n) is 6.72. The van der Waals surface area contributed by atoms with Crippen molar-refractivity contribution in [2.45, 2.75) is 46.6 Å². The van der Waals surface area contributed by atoms with Gasteiger partial charge in [-0.2, -0.15) is 0 Å². The van der Waals surface area contributed by atoms with E-state index in [1.807, 2.05) is 25.1 Å². The molecule has 1 aromatic carbocycles. The van der Waals surface area contributed by atoms with Crippen molar-refractivity contribution in [3.05, 3.63) is 29.8 Å². The summed E-state index contributed by atoms with van der Waals surface area (Å²) in [7, 11) is 0. The Kier molecular flexibility index (Phi) is 8.09. The molecule has 2 amide bonds. The first-order valence-electron chi connectivity index (χ1n) is 8.66. The SMILES string of the molecule is CCOc1ccccc1C(CC(=O)NCCC(C)(C)C(=O)O)NC(C)=O. The van der Waals surface area contributed by atoms with Crippen molar-refractivity contribution in [1.82, 2.24) is 10.6 Å². The quantitative estimate of drug-likeness (QED) is 0.591. The highest BCUT2D eigenvalue weighted by atomic mass is 16.5. The lowest BCUT2D eigenvalue weighted by Gasteiger charge is -2.22. The zero-order valence-electron chi connectivity index (χ0n) is 15.8. The first kappa shape index (κ1) is 21.5. The fourth-order valence-corrected chi connectivity index (χ4v) is 2.42. The van der Waals surface area contributed by atoms with E-state index in [-0.39, 0.29) is 24.8 Å². The van der Waals surface area contributed by atoms with Gasteiger partial charge in [-0.15, -0.1) is 0 Å². The number of hydrogen-bond donors (Lipinski definition) is 3. The minimum absolute atomic E-state index is 0.0389. The van der Waals surface area contributed by atoms with E-state index in [2.05, 4.69) is 10.6 Å². The van der Waals surface area contributed by atoms with Gasteiger partial charge in [-0.05, 0) is 33.3 Å². The van der Waals surface area contributed by atoms with Crippen LogP contribution in [0.25, 0.3) is 0 Å². The summed E-state index contributed by atoms with van der Waals surface area (Å²) in [5.41, 5.74) is -0.183. The van der Waals surface area contributed by atoms with Gasteiger partial charge in [0, 0.05) is 19.0 Å². The van der Waals surface area contributed by atoms with Crippen LogP contribution in [0.5, 0.6) is 5.75 Å². The summed E-state index contributed by atoms with van der Waals surface area (Å²) < 4.78 is 5.59. The molecule has 0 aromatic heterocycles. The second kappa shape index (κ2) is 9.79. The smallest absolute Gasteiger partial charge is 0.309 e. The van der Waals surface area contributed by atoms with Gasteiger partial charge in [0.1, 0.15) is 5.75 Å². The molecule has 0 aliphatic carbocycles. The number of carboxylic acids is 1. The van der Waals surface area contributed by atoms with Gasteiger partial charge in [-0.25, -0.2) is 0 Å². The number of amides is 2. The third-order valence-corrected chi connectivity index (χ3v) is 4.01. The minimum atomic E-state index is -0.911. The lowest BCUT2D eigenvalue weighted by molar-refractivity contribution is -0.147. The van der Waals surface area contributed by atoms with E-state index >= 15 is 0 Å². The van der Waals surface area contributed by atoms with Gasteiger partial charge >= 0.3 is 5.97 Å². The van der Waals surface area contributed by atoms with Crippen LogP contribution in [0.15, 0.2) is 24.3 Å². The van der Waals surface area contributed by atoms with Crippen LogP contribution in [0.2, 0.25) is 0 Å². The minimum Gasteiger partial charge on any atom is -0.494 e. The molecule has 7 heteroatoms. The predicted molar refractivity (Wildman–Crippen MR) is 97.8 cm³/mol. The van der Waals surface area contributed by atoms with Crippen molar-refractivity contribution in [3.63, 3.8) is 0 Å². The molecule has 0 saturated heterocycles. The van der Waals surface area contributed by atoms with Crippen molar-refractivity contribution in [2.75, 3.05) is 13.2 Å². The Morgan fingerprint density at radius 3 is 2.46 bits per heavy atom. The van der Waals surface area contributed by atoms with Crippen molar-refractivity contribution < 1.29 is 24.2 Å². The van der Waals surface area contributed by atoms with Crippen LogP contribution in [-0.2, 0) is 14.4 Å². The van der Waals surface area contributed by atoms with Crippen molar-refractivity contribution >= 4 is 17.8 Å². The maximum atomic E-state index is 12.3. The lowest BCUT2D eigenvalue weighted by atomic mass is 9.89. The van der Waals surface area contributed by atoms with E-state index in [0.29, 0.717) is 18.8 Å². The van der Waals surface area contributed by atoms with Crippen LogP contribution in [0, 0.1) is 5.41 Å². The van der Waals surface area contributed by atoms with E-state index in [9.17, 15) is 14.4 Å². The summed E-state index contributed by atoms with van der Waals surface area (Å²) in [5, 5.41) is 14.6. The zero-order chi connectivity index (χ0) is 19.7. The molecule has 0 radical (unpaired) electrons. The summed E-state index contributed by atoms with van der Waals surface area (Å²) in [6.07, 6.45) is 0.353. The van der Waals surface area contributed by atoms with Crippen LogP contribution in [0.4, 0.5) is 0 Å². The summed E-state index contributed by atoms with van der Waals surface area (Å²) in [5.74, 6) is -0.806. The molecule has 144 valence electrons. The second-order valence-corrected chi connectivity index (χ2v) is 6.72. The van der Waals surface area contributed by atoms with Gasteiger partial charge in [0.2, 0.25) is 11.8 Å². The van der Waals surface area contributed by atoms with Crippen LogP contribution >= 0.6 is 0 Å². The molecule has 0 aliphatic heterocycles. The molecule has 0 spiro atoms. The monoisotopic (exact) mass is 364 g/mol. The number of ether oxygens (including phenoxy) is 1. The molecule has 0 aliphatic rings. The Hall–Kier alpha value is -2.57. The maximum absolute atomic E-state index is 12.3. The first-order valence-corrected chi connectivity index (χ1v) is 8.66. The van der Waals surface area contributed by atoms with Gasteiger partial charge in [-0.3, -0.25) is 14.4 Å². The Labute approximate surface area is 154 Å². The molecule has 0 fully saturated rings. The van der Waals surface area contributed by atoms with Crippen molar-refractivity contribution in [3.8, 4) is 5.75 Å². The molecule has 7 nitrogen and oxygen atoms in total. The zero-order valence-corrected chi connectivity index (χ0v) is 15.8. The highest BCUT2D eigenvalue weighted by Gasteiger charge is 2.27. The highest BCUT2D eigenvalue weighted by molar-refractivity contribution is 5.79. The molecule has 1 unspecified atom stereocenters. The summed E-state index contributed by atoms with van der Waals surface area (Å²) in [6.45, 7) is 7.20. The first-order chi connectivity index (χ1) is 12.2. The Morgan fingerprint density at radius 1 is 1.23 bits per heavy atom.